The molecule has 1 saturated heterocycles. The zero-order valence-electron chi connectivity index (χ0n) is 24.9. The van der Waals surface area contributed by atoms with Crippen LogP contribution in [0.5, 0.6) is 0 Å². The van der Waals surface area contributed by atoms with Gasteiger partial charge in [0.25, 0.3) is 0 Å². The molecular formula is C32H48N4O4. The first kappa shape index (κ1) is 31.6. The Morgan fingerprint density at radius 1 is 1.02 bits per heavy atom. The van der Waals surface area contributed by atoms with Crippen molar-refractivity contribution < 1.29 is 19.1 Å². The van der Waals surface area contributed by atoms with Gasteiger partial charge < -0.3 is 25.6 Å². The minimum absolute atomic E-state index is 0.0193. The highest BCUT2D eigenvalue weighted by atomic mass is 16.5. The van der Waals surface area contributed by atoms with Crippen molar-refractivity contribution in [2.45, 2.75) is 78.0 Å². The molecule has 1 heterocycles. The zero-order chi connectivity index (χ0) is 29.1. The molecule has 0 spiro atoms. The molecule has 3 rings (SSSR count). The molecule has 0 saturated carbocycles. The second kappa shape index (κ2) is 15.7. The summed E-state index contributed by atoms with van der Waals surface area (Å²) in [6.07, 6.45) is 2.80. The van der Waals surface area contributed by atoms with Gasteiger partial charge in [0.15, 0.2) is 0 Å². The molecule has 3 amide bonds. The normalized spacial score (nSPS) is 17.9. The van der Waals surface area contributed by atoms with Crippen LogP contribution in [-0.2, 0) is 25.5 Å². The molecule has 3 atom stereocenters. The number of benzene rings is 2. The Labute approximate surface area is 239 Å². The summed E-state index contributed by atoms with van der Waals surface area (Å²) < 4.78 is 5.55. The number of carbonyl (C=O) groups excluding carboxylic acids is 3. The van der Waals surface area contributed by atoms with E-state index < -0.39 is 12.1 Å². The van der Waals surface area contributed by atoms with Gasteiger partial charge in [-0.05, 0) is 54.6 Å². The van der Waals surface area contributed by atoms with Gasteiger partial charge in [-0.25, -0.2) is 0 Å². The minimum Gasteiger partial charge on any atom is -0.380 e. The number of hydrogen-bond donors (Lipinski definition) is 3. The molecule has 1 aliphatic heterocycles. The number of hydrogen-bond acceptors (Lipinski definition) is 5. The van der Waals surface area contributed by atoms with Crippen LogP contribution in [0.15, 0.2) is 42.5 Å². The fourth-order valence-electron chi connectivity index (χ4n) is 5.35. The molecule has 0 aliphatic carbocycles. The fraction of sp³-hybridized carbons (Fsp3) is 0.594. The third kappa shape index (κ3) is 8.77. The third-order valence-corrected chi connectivity index (χ3v) is 7.79. The summed E-state index contributed by atoms with van der Waals surface area (Å²) in [5.41, 5.74) is 0.962. The van der Waals surface area contributed by atoms with Gasteiger partial charge in [0.05, 0.1) is 6.10 Å². The van der Waals surface area contributed by atoms with Gasteiger partial charge in [-0.15, -0.1) is 0 Å². The number of amides is 3. The van der Waals surface area contributed by atoms with E-state index in [1.54, 1.807) is 12.0 Å². The minimum atomic E-state index is -0.760. The first-order valence-corrected chi connectivity index (χ1v) is 14.9. The molecule has 1 fully saturated rings. The van der Waals surface area contributed by atoms with Gasteiger partial charge in [-0.3, -0.25) is 14.4 Å². The highest BCUT2D eigenvalue weighted by Gasteiger charge is 2.42. The van der Waals surface area contributed by atoms with E-state index in [4.69, 9.17) is 4.74 Å². The highest BCUT2D eigenvalue weighted by molar-refractivity contribution is 5.93. The van der Waals surface area contributed by atoms with Crippen LogP contribution in [0.4, 0.5) is 0 Å². The van der Waals surface area contributed by atoms with Crippen molar-refractivity contribution in [1.82, 2.24) is 20.9 Å². The Morgan fingerprint density at radius 3 is 2.42 bits per heavy atom. The van der Waals surface area contributed by atoms with Crippen LogP contribution >= 0.6 is 0 Å². The molecule has 3 N–H and O–H groups in total. The van der Waals surface area contributed by atoms with E-state index in [0.29, 0.717) is 31.8 Å². The van der Waals surface area contributed by atoms with Gasteiger partial charge in [0, 0.05) is 39.0 Å². The number of methoxy groups -OCH3 is 1. The summed E-state index contributed by atoms with van der Waals surface area (Å²) in [5.74, 6) is -0.107. The van der Waals surface area contributed by atoms with Crippen molar-refractivity contribution >= 4 is 28.5 Å². The third-order valence-electron chi connectivity index (χ3n) is 7.79. The summed E-state index contributed by atoms with van der Waals surface area (Å²) in [5, 5.41) is 11.6. The lowest BCUT2D eigenvalue weighted by atomic mass is 10.00. The van der Waals surface area contributed by atoms with E-state index in [1.165, 1.54) is 0 Å². The number of carbonyl (C=O) groups is 3. The maximum absolute atomic E-state index is 13.7. The predicted molar refractivity (Wildman–Crippen MR) is 160 cm³/mol. The number of likely N-dealkylation sites (tertiary alicyclic amines) is 1. The molecule has 2 aromatic carbocycles. The Hall–Kier alpha value is -2.97. The maximum atomic E-state index is 13.7. The Morgan fingerprint density at radius 2 is 1.75 bits per heavy atom. The van der Waals surface area contributed by atoms with Crippen LogP contribution in [0.25, 0.3) is 10.8 Å². The molecule has 1 aliphatic rings. The summed E-state index contributed by atoms with van der Waals surface area (Å²) in [4.78, 5) is 42.0. The van der Waals surface area contributed by atoms with Crippen molar-refractivity contribution in [2.75, 3.05) is 33.3 Å². The number of ether oxygens (including phenoxy) is 1. The van der Waals surface area contributed by atoms with Crippen LogP contribution in [-0.4, -0.2) is 74.1 Å². The zero-order valence-corrected chi connectivity index (χ0v) is 24.9. The first-order valence-electron chi connectivity index (χ1n) is 14.9. The lowest BCUT2D eigenvalue weighted by Crippen LogP contribution is -2.54. The molecule has 8 nitrogen and oxygen atoms in total. The van der Waals surface area contributed by atoms with Gasteiger partial charge in [0.2, 0.25) is 17.7 Å². The van der Waals surface area contributed by atoms with Gasteiger partial charge >= 0.3 is 0 Å². The molecule has 0 bridgehead atoms. The van der Waals surface area contributed by atoms with Crippen molar-refractivity contribution in [1.29, 1.82) is 0 Å². The standard InChI is InChI=1S/C32H48N4O4/c1-6-24(7-2)32(39)36-21-27(40-5)19-29(36)31(38)35-28(30(37)34-16-10-15-33-20-22(3)4)18-23-13-14-25-11-8-9-12-26(25)17-23/h8-9,11-14,17,22,24,27-29,33H,6-7,10,15-16,18-21H2,1-5H3,(H,34,37)(H,35,38). The lowest BCUT2D eigenvalue weighted by molar-refractivity contribution is -0.142. The van der Waals surface area contributed by atoms with Crippen molar-refractivity contribution in [3.63, 3.8) is 0 Å². The van der Waals surface area contributed by atoms with Gasteiger partial charge in [-0.1, -0.05) is 70.2 Å². The Kier molecular flexibility index (Phi) is 12.4. The first-order chi connectivity index (χ1) is 19.3. The SMILES string of the molecule is CCC(CC)C(=O)N1CC(OC)CC1C(=O)NC(Cc1ccc2ccccc2c1)C(=O)NCCCNCC(C)C. The summed E-state index contributed by atoms with van der Waals surface area (Å²) in [6, 6.07) is 12.8. The van der Waals surface area contributed by atoms with Gasteiger partial charge in [-0.2, -0.15) is 0 Å². The van der Waals surface area contributed by atoms with Crippen LogP contribution < -0.4 is 16.0 Å². The molecule has 2 aromatic rings. The topological polar surface area (TPSA) is 99.8 Å². The molecule has 40 heavy (non-hydrogen) atoms. The maximum Gasteiger partial charge on any atom is 0.243 e. The van der Waals surface area contributed by atoms with E-state index in [2.05, 4.69) is 41.9 Å². The van der Waals surface area contributed by atoms with Crippen molar-refractivity contribution in [2.24, 2.45) is 11.8 Å². The molecular weight excluding hydrogens is 504 g/mol. The summed E-state index contributed by atoms with van der Waals surface area (Å²) in [6.45, 7) is 11.0. The summed E-state index contributed by atoms with van der Waals surface area (Å²) in [7, 11) is 1.61. The average molecular weight is 553 g/mol. The van der Waals surface area contributed by atoms with E-state index >= 15 is 0 Å². The molecule has 0 radical (unpaired) electrons. The van der Waals surface area contributed by atoms with Crippen LogP contribution in [0.3, 0.4) is 0 Å². The summed E-state index contributed by atoms with van der Waals surface area (Å²) >= 11 is 0. The van der Waals surface area contributed by atoms with E-state index in [1.807, 2.05) is 44.2 Å². The van der Waals surface area contributed by atoms with Crippen LogP contribution in [0.1, 0.15) is 58.9 Å². The molecule has 0 aromatic heterocycles. The quantitative estimate of drug-likeness (QED) is 0.293. The largest absolute Gasteiger partial charge is 0.380 e. The Balaban J connectivity index is 1.74. The van der Waals surface area contributed by atoms with E-state index in [-0.39, 0.29) is 29.7 Å². The highest BCUT2D eigenvalue weighted by Crippen LogP contribution is 2.25. The second-order valence-corrected chi connectivity index (χ2v) is 11.3. The second-order valence-electron chi connectivity index (χ2n) is 11.3. The number of nitrogens with zero attached hydrogens (tertiary/aromatic N) is 1. The smallest absolute Gasteiger partial charge is 0.243 e. The lowest BCUT2D eigenvalue weighted by Gasteiger charge is -2.28. The van der Waals surface area contributed by atoms with Crippen LogP contribution in [0, 0.1) is 11.8 Å². The Bertz CT molecular complexity index is 1120. The molecule has 3 unspecified atom stereocenters. The van der Waals surface area contributed by atoms with Crippen molar-refractivity contribution in [3.8, 4) is 0 Å². The monoisotopic (exact) mass is 552 g/mol. The molecule has 220 valence electrons. The van der Waals surface area contributed by atoms with Crippen molar-refractivity contribution in [3.05, 3.63) is 48.0 Å². The number of rotatable bonds is 15. The fourth-order valence-corrected chi connectivity index (χ4v) is 5.35. The number of nitrogens with one attached hydrogen (secondary N) is 3. The average Bonchev–Trinajstić information content (AvgIpc) is 3.39. The molecule has 8 heteroatoms. The van der Waals surface area contributed by atoms with Crippen LogP contribution in [0.2, 0.25) is 0 Å². The predicted octanol–water partition coefficient (Wildman–Crippen LogP) is 3.67. The van der Waals surface area contributed by atoms with E-state index in [0.717, 1.165) is 48.7 Å². The van der Waals surface area contributed by atoms with Gasteiger partial charge in [0.1, 0.15) is 12.1 Å². The van der Waals surface area contributed by atoms with E-state index in [9.17, 15) is 14.4 Å². The number of fused-ring (bicyclic) bond motifs is 1.